The largest absolute Gasteiger partial charge is 0.504 e. The molecule has 0 aliphatic heterocycles. The Labute approximate surface area is 181 Å². The molecule has 4 aromatic rings. The lowest BCUT2D eigenvalue weighted by Crippen LogP contribution is -2.12. The van der Waals surface area contributed by atoms with Gasteiger partial charge in [-0.3, -0.25) is 14.3 Å². The monoisotopic (exact) mass is 436 g/mol. The van der Waals surface area contributed by atoms with E-state index in [-0.39, 0.29) is 28.7 Å². The third-order valence-electron chi connectivity index (χ3n) is 5.27. The van der Waals surface area contributed by atoms with Crippen molar-refractivity contribution in [3.63, 3.8) is 0 Å². The first kappa shape index (κ1) is 21.0. The van der Waals surface area contributed by atoms with E-state index in [0.717, 1.165) is 0 Å². The lowest BCUT2D eigenvalue weighted by atomic mass is 9.87. The molecule has 2 heterocycles. The van der Waals surface area contributed by atoms with Crippen molar-refractivity contribution in [3.8, 4) is 28.6 Å². The van der Waals surface area contributed by atoms with Gasteiger partial charge in [0, 0.05) is 36.4 Å². The first-order chi connectivity index (χ1) is 15.3. The number of aromatic hydroxyl groups is 3. The summed E-state index contributed by atoms with van der Waals surface area (Å²) in [5.41, 5.74) is 0.287. The smallest absolute Gasteiger partial charge is 0.306 e. The number of benzene rings is 2. The van der Waals surface area contributed by atoms with Gasteiger partial charge in [0.05, 0.1) is 19.7 Å². The predicted molar refractivity (Wildman–Crippen MR) is 115 cm³/mol. The average molecular weight is 436 g/mol. The molecule has 0 spiro atoms. The fourth-order valence-corrected chi connectivity index (χ4v) is 3.70. The van der Waals surface area contributed by atoms with Gasteiger partial charge in [0.25, 0.3) is 0 Å². The van der Waals surface area contributed by atoms with E-state index in [1.807, 2.05) is 0 Å². The number of aromatic nitrogens is 2. The number of phenolic OH excluding ortho intramolecular Hbond substituents is 3. The number of ether oxygens (including phenoxy) is 1. The minimum Gasteiger partial charge on any atom is -0.504 e. The van der Waals surface area contributed by atoms with Crippen LogP contribution in [0.15, 0.2) is 58.0 Å². The van der Waals surface area contributed by atoms with Crippen molar-refractivity contribution in [2.75, 3.05) is 7.11 Å². The summed E-state index contributed by atoms with van der Waals surface area (Å²) in [6, 6.07) is 9.99. The van der Waals surface area contributed by atoms with Crippen molar-refractivity contribution in [2.24, 2.45) is 7.05 Å². The zero-order chi connectivity index (χ0) is 23.0. The minimum atomic E-state index is -0.890. The molecule has 164 valence electrons. The Bertz CT molecular complexity index is 1370. The summed E-state index contributed by atoms with van der Waals surface area (Å²) in [4.78, 5) is 25.1. The van der Waals surface area contributed by atoms with Crippen LogP contribution in [-0.4, -0.2) is 38.2 Å². The van der Waals surface area contributed by atoms with E-state index in [9.17, 15) is 24.9 Å². The van der Waals surface area contributed by atoms with Crippen molar-refractivity contribution in [1.29, 1.82) is 0 Å². The fraction of sp³-hybridized carbons (Fsp3) is 0.174. The highest BCUT2D eigenvalue weighted by Gasteiger charge is 2.31. The topological polar surface area (TPSA) is 135 Å². The third-order valence-corrected chi connectivity index (χ3v) is 5.27. The summed E-state index contributed by atoms with van der Waals surface area (Å²) < 4.78 is 12.3. The number of phenols is 3. The van der Waals surface area contributed by atoms with Gasteiger partial charge in [-0.05, 0) is 5.56 Å². The van der Waals surface area contributed by atoms with Crippen LogP contribution in [0.1, 0.15) is 23.5 Å². The molecule has 0 bridgehead atoms. The van der Waals surface area contributed by atoms with Gasteiger partial charge in [-0.15, -0.1) is 0 Å². The SMILES string of the molecule is COC(=O)C[C@H](c1cnn(C)c1)c1c(O)c(O)c(O)c2c(=O)cc(-c3ccccc3)oc12. The molecule has 0 radical (unpaired) electrons. The minimum absolute atomic E-state index is 0.0384. The molecule has 9 nitrogen and oxygen atoms in total. The Morgan fingerprint density at radius 3 is 2.50 bits per heavy atom. The number of hydrogen-bond acceptors (Lipinski definition) is 8. The molecule has 32 heavy (non-hydrogen) atoms. The number of fused-ring (bicyclic) bond motifs is 1. The lowest BCUT2D eigenvalue weighted by Gasteiger charge is -2.19. The maximum absolute atomic E-state index is 12.9. The van der Waals surface area contributed by atoms with E-state index in [0.29, 0.717) is 11.1 Å². The van der Waals surface area contributed by atoms with E-state index < -0.39 is 34.6 Å². The van der Waals surface area contributed by atoms with Crippen molar-refractivity contribution in [3.05, 3.63) is 70.1 Å². The second kappa shape index (κ2) is 8.10. The molecule has 2 aromatic carbocycles. The Morgan fingerprint density at radius 1 is 1.16 bits per heavy atom. The summed E-state index contributed by atoms with van der Waals surface area (Å²) in [6.45, 7) is 0. The molecule has 0 saturated heterocycles. The zero-order valence-electron chi connectivity index (χ0n) is 17.3. The number of aryl methyl sites for hydroxylation is 1. The second-order valence-corrected chi connectivity index (χ2v) is 7.28. The first-order valence-electron chi connectivity index (χ1n) is 9.67. The molecular formula is C23H20N2O7. The summed E-state index contributed by atoms with van der Waals surface area (Å²) in [6.07, 6.45) is 2.87. The summed E-state index contributed by atoms with van der Waals surface area (Å²) in [7, 11) is 2.90. The predicted octanol–water partition coefficient (Wildman–Crippen LogP) is 3.01. The van der Waals surface area contributed by atoms with Crippen molar-refractivity contribution in [2.45, 2.75) is 12.3 Å². The zero-order valence-corrected chi connectivity index (χ0v) is 17.3. The number of esters is 1. The van der Waals surface area contributed by atoms with E-state index in [1.54, 1.807) is 43.6 Å². The Hall–Kier alpha value is -4.27. The van der Waals surface area contributed by atoms with Crippen molar-refractivity contribution >= 4 is 16.9 Å². The third kappa shape index (κ3) is 3.53. The van der Waals surface area contributed by atoms with Gasteiger partial charge < -0.3 is 24.5 Å². The van der Waals surface area contributed by atoms with Gasteiger partial charge in [0.15, 0.2) is 16.9 Å². The molecule has 1 atom stereocenters. The molecule has 4 rings (SSSR count). The van der Waals surface area contributed by atoms with Crippen LogP contribution >= 0.6 is 0 Å². The van der Waals surface area contributed by atoms with Gasteiger partial charge in [0.1, 0.15) is 16.7 Å². The van der Waals surface area contributed by atoms with Crippen LogP contribution in [0.5, 0.6) is 17.2 Å². The molecule has 0 aliphatic carbocycles. The summed E-state index contributed by atoms with van der Waals surface area (Å²) in [5, 5.41) is 35.4. The highest BCUT2D eigenvalue weighted by atomic mass is 16.5. The Balaban J connectivity index is 2.08. The number of methoxy groups -OCH3 is 1. The Morgan fingerprint density at radius 2 is 1.88 bits per heavy atom. The van der Waals surface area contributed by atoms with Crippen LogP contribution in [-0.2, 0) is 16.6 Å². The first-order valence-corrected chi connectivity index (χ1v) is 9.67. The van der Waals surface area contributed by atoms with Crippen LogP contribution < -0.4 is 5.43 Å². The van der Waals surface area contributed by atoms with Crippen LogP contribution in [0.4, 0.5) is 0 Å². The van der Waals surface area contributed by atoms with Gasteiger partial charge in [-0.2, -0.15) is 5.10 Å². The normalized spacial score (nSPS) is 12.1. The lowest BCUT2D eigenvalue weighted by molar-refractivity contribution is -0.140. The fourth-order valence-electron chi connectivity index (χ4n) is 3.70. The van der Waals surface area contributed by atoms with E-state index in [1.165, 1.54) is 24.1 Å². The molecule has 2 aromatic heterocycles. The van der Waals surface area contributed by atoms with Crippen molar-refractivity contribution in [1.82, 2.24) is 9.78 Å². The van der Waals surface area contributed by atoms with Crippen LogP contribution in [0.3, 0.4) is 0 Å². The summed E-state index contributed by atoms with van der Waals surface area (Å²) in [5.74, 6) is -3.69. The van der Waals surface area contributed by atoms with Crippen molar-refractivity contribution < 1.29 is 29.3 Å². The molecule has 9 heteroatoms. The average Bonchev–Trinajstić information content (AvgIpc) is 3.23. The highest BCUT2D eigenvalue weighted by molar-refractivity contribution is 5.93. The van der Waals surface area contributed by atoms with E-state index >= 15 is 0 Å². The van der Waals surface area contributed by atoms with Gasteiger partial charge in [-0.25, -0.2) is 0 Å². The Kier molecular flexibility index (Phi) is 5.31. The number of rotatable bonds is 5. The maximum atomic E-state index is 12.9. The summed E-state index contributed by atoms with van der Waals surface area (Å²) >= 11 is 0. The van der Waals surface area contributed by atoms with Gasteiger partial charge >= 0.3 is 5.97 Å². The molecular weight excluding hydrogens is 416 g/mol. The van der Waals surface area contributed by atoms with Gasteiger partial charge in [0.2, 0.25) is 5.75 Å². The molecule has 0 amide bonds. The van der Waals surface area contributed by atoms with Crippen LogP contribution in [0.25, 0.3) is 22.3 Å². The number of carbonyl (C=O) groups excluding carboxylic acids is 1. The maximum Gasteiger partial charge on any atom is 0.306 e. The molecule has 3 N–H and O–H groups in total. The second-order valence-electron chi connectivity index (χ2n) is 7.28. The number of carbonyl (C=O) groups is 1. The molecule has 0 fully saturated rings. The van der Waals surface area contributed by atoms with Gasteiger partial charge in [-0.1, -0.05) is 30.3 Å². The molecule has 0 aliphatic rings. The molecule has 0 unspecified atom stereocenters. The van der Waals surface area contributed by atoms with E-state index in [2.05, 4.69) is 5.10 Å². The molecule has 0 saturated carbocycles. The van der Waals surface area contributed by atoms with Crippen LogP contribution in [0.2, 0.25) is 0 Å². The van der Waals surface area contributed by atoms with E-state index in [4.69, 9.17) is 9.15 Å². The van der Waals surface area contributed by atoms with Crippen LogP contribution in [0, 0.1) is 0 Å². The number of nitrogens with zero attached hydrogens (tertiary/aromatic N) is 2. The quantitative estimate of drug-likeness (QED) is 0.321. The standard InChI is InChI=1S/C23H20N2O7/c1-25-11-13(10-24-25)14(8-17(27)31-2)18-20(28)22(30)21(29)19-15(26)9-16(32-23(18)19)12-6-4-3-5-7-12/h3-7,9-11,14,28-30H,8H2,1-2H3/t14-/m1/s1. The number of hydrogen-bond donors (Lipinski definition) is 3. The highest BCUT2D eigenvalue weighted by Crippen LogP contribution is 2.49.